The minimum Gasteiger partial charge on any atom is -0.494 e. The largest absolute Gasteiger partial charge is 0.494 e. The molecule has 2 amide bonds. The second-order valence-electron chi connectivity index (χ2n) is 6.05. The van der Waals surface area contributed by atoms with Gasteiger partial charge in [-0.1, -0.05) is 32.0 Å². The molecule has 2 rings (SSSR count). The summed E-state index contributed by atoms with van der Waals surface area (Å²) >= 11 is 0. The van der Waals surface area contributed by atoms with E-state index in [1.165, 1.54) is 6.42 Å². The zero-order valence-electron chi connectivity index (χ0n) is 13.3. The van der Waals surface area contributed by atoms with Crippen molar-refractivity contribution in [3.05, 3.63) is 29.8 Å². The smallest absolute Gasteiger partial charge is 0.317 e. The molecule has 0 aromatic heterocycles. The van der Waals surface area contributed by atoms with Gasteiger partial charge >= 0.3 is 6.03 Å². The second kappa shape index (κ2) is 7.34. The van der Waals surface area contributed by atoms with E-state index in [0.717, 1.165) is 24.4 Å². The van der Waals surface area contributed by atoms with Crippen molar-refractivity contribution in [1.82, 2.24) is 10.2 Å². The second-order valence-corrected chi connectivity index (χ2v) is 6.05. The van der Waals surface area contributed by atoms with Crippen LogP contribution in [0.2, 0.25) is 0 Å². The number of rotatable bonds is 4. The molecule has 4 nitrogen and oxygen atoms in total. The summed E-state index contributed by atoms with van der Waals surface area (Å²) in [7, 11) is 0. The lowest BCUT2D eigenvalue weighted by molar-refractivity contribution is 0.146. The number of hydrogen-bond acceptors (Lipinski definition) is 2. The molecule has 0 bridgehead atoms. The molecule has 1 heterocycles. The van der Waals surface area contributed by atoms with Gasteiger partial charge in [0, 0.05) is 25.2 Å². The first-order valence-corrected chi connectivity index (χ1v) is 7.83. The Hall–Kier alpha value is -1.71. The molecule has 2 atom stereocenters. The minimum absolute atomic E-state index is 0.0275. The summed E-state index contributed by atoms with van der Waals surface area (Å²) in [6.07, 6.45) is 1.21. The molecule has 1 aliphatic rings. The highest BCUT2D eigenvalue weighted by Gasteiger charge is 2.25. The molecule has 0 spiro atoms. The third kappa shape index (κ3) is 4.38. The molecule has 1 aromatic rings. The summed E-state index contributed by atoms with van der Waals surface area (Å²) < 4.78 is 5.58. The first-order chi connectivity index (χ1) is 10.1. The van der Waals surface area contributed by atoms with Gasteiger partial charge < -0.3 is 15.0 Å². The van der Waals surface area contributed by atoms with Crippen LogP contribution in [0.5, 0.6) is 5.75 Å². The first kappa shape index (κ1) is 15.7. The standard InChI is InChI=1S/C17H26N2O2/c1-4-21-16-8-6-5-7-15(16)10-18-17(20)19-11-13(2)9-14(3)12-19/h5-8,13-14H,4,9-12H2,1-3H3,(H,18,20). The zero-order chi connectivity index (χ0) is 15.2. The van der Waals surface area contributed by atoms with Crippen molar-refractivity contribution in [3.63, 3.8) is 0 Å². The topological polar surface area (TPSA) is 41.6 Å². The fourth-order valence-corrected chi connectivity index (χ4v) is 3.06. The Balaban J connectivity index is 1.92. The molecule has 1 fully saturated rings. The van der Waals surface area contributed by atoms with E-state index in [2.05, 4.69) is 19.2 Å². The first-order valence-electron chi connectivity index (χ1n) is 7.83. The van der Waals surface area contributed by atoms with Crippen LogP contribution in [0.1, 0.15) is 32.8 Å². The fourth-order valence-electron chi connectivity index (χ4n) is 3.06. The minimum atomic E-state index is 0.0275. The van der Waals surface area contributed by atoms with Gasteiger partial charge in [-0.05, 0) is 31.2 Å². The molecule has 1 N–H and O–H groups in total. The summed E-state index contributed by atoms with van der Waals surface area (Å²) in [4.78, 5) is 14.2. The third-order valence-electron chi connectivity index (χ3n) is 3.86. The molecule has 0 aliphatic carbocycles. The van der Waals surface area contributed by atoms with Gasteiger partial charge in [0.25, 0.3) is 0 Å². The number of nitrogens with one attached hydrogen (secondary N) is 1. The number of carbonyl (C=O) groups is 1. The predicted molar refractivity (Wildman–Crippen MR) is 84.4 cm³/mol. The molecular formula is C17H26N2O2. The van der Waals surface area contributed by atoms with E-state index in [9.17, 15) is 4.79 Å². The summed E-state index contributed by atoms with van der Waals surface area (Å²) in [5, 5.41) is 3.02. The Labute approximate surface area is 127 Å². The van der Waals surface area contributed by atoms with E-state index >= 15 is 0 Å². The van der Waals surface area contributed by atoms with Gasteiger partial charge in [0.1, 0.15) is 5.75 Å². The number of urea groups is 1. The SMILES string of the molecule is CCOc1ccccc1CNC(=O)N1CC(C)CC(C)C1. The molecule has 116 valence electrons. The van der Waals surface area contributed by atoms with Crippen molar-refractivity contribution in [2.24, 2.45) is 11.8 Å². The Bertz CT molecular complexity index is 466. The van der Waals surface area contributed by atoms with Crippen LogP contribution in [0.15, 0.2) is 24.3 Å². The fraction of sp³-hybridized carbons (Fsp3) is 0.588. The van der Waals surface area contributed by atoms with Gasteiger partial charge in [0.05, 0.1) is 6.61 Å². The lowest BCUT2D eigenvalue weighted by Gasteiger charge is -2.35. The van der Waals surface area contributed by atoms with Gasteiger partial charge in [0.15, 0.2) is 0 Å². The van der Waals surface area contributed by atoms with Crippen LogP contribution in [0.4, 0.5) is 4.79 Å². The maximum absolute atomic E-state index is 12.3. The molecule has 0 saturated carbocycles. The molecular weight excluding hydrogens is 264 g/mol. The van der Waals surface area contributed by atoms with E-state index in [1.807, 2.05) is 36.1 Å². The quantitative estimate of drug-likeness (QED) is 0.924. The Kier molecular flexibility index (Phi) is 5.48. The number of benzene rings is 1. The maximum Gasteiger partial charge on any atom is 0.317 e. The van der Waals surface area contributed by atoms with E-state index in [4.69, 9.17) is 4.74 Å². The number of likely N-dealkylation sites (tertiary alicyclic amines) is 1. The van der Waals surface area contributed by atoms with Gasteiger partial charge in [0.2, 0.25) is 0 Å². The van der Waals surface area contributed by atoms with Crippen molar-refractivity contribution >= 4 is 6.03 Å². The molecule has 4 heteroatoms. The summed E-state index contributed by atoms with van der Waals surface area (Å²) in [6.45, 7) is 9.22. The van der Waals surface area contributed by atoms with E-state index in [1.54, 1.807) is 0 Å². The van der Waals surface area contributed by atoms with Crippen LogP contribution < -0.4 is 10.1 Å². The summed E-state index contributed by atoms with van der Waals surface area (Å²) in [6, 6.07) is 7.88. The lowest BCUT2D eigenvalue weighted by Crippen LogP contribution is -2.47. The summed E-state index contributed by atoms with van der Waals surface area (Å²) in [5.41, 5.74) is 1.02. The van der Waals surface area contributed by atoms with E-state index < -0.39 is 0 Å². The number of para-hydroxylation sites is 1. The molecule has 1 saturated heterocycles. The Morgan fingerprint density at radius 1 is 1.29 bits per heavy atom. The highest BCUT2D eigenvalue weighted by atomic mass is 16.5. The van der Waals surface area contributed by atoms with Crippen LogP contribution in [-0.4, -0.2) is 30.6 Å². The number of hydrogen-bond donors (Lipinski definition) is 1. The molecule has 1 aromatic carbocycles. The van der Waals surface area contributed by atoms with E-state index in [-0.39, 0.29) is 6.03 Å². The Morgan fingerprint density at radius 3 is 2.62 bits per heavy atom. The molecule has 1 aliphatic heterocycles. The monoisotopic (exact) mass is 290 g/mol. The summed E-state index contributed by atoms with van der Waals surface area (Å²) in [5.74, 6) is 2.01. The lowest BCUT2D eigenvalue weighted by atomic mass is 9.92. The number of ether oxygens (including phenoxy) is 1. The van der Waals surface area contributed by atoms with Gasteiger partial charge in [-0.2, -0.15) is 0 Å². The highest BCUT2D eigenvalue weighted by molar-refractivity contribution is 5.74. The average molecular weight is 290 g/mol. The molecule has 21 heavy (non-hydrogen) atoms. The van der Waals surface area contributed by atoms with Crippen molar-refractivity contribution in [2.75, 3.05) is 19.7 Å². The van der Waals surface area contributed by atoms with Crippen molar-refractivity contribution in [3.8, 4) is 5.75 Å². The van der Waals surface area contributed by atoms with Crippen LogP contribution >= 0.6 is 0 Å². The van der Waals surface area contributed by atoms with Crippen LogP contribution in [-0.2, 0) is 6.54 Å². The van der Waals surface area contributed by atoms with Crippen LogP contribution in [0, 0.1) is 11.8 Å². The maximum atomic E-state index is 12.3. The number of nitrogens with zero attached hydrogens (tertiary/aromatic N) is 1. The normalized spacial score (nSPS) is 22.0. The van der Waals surface area contributed by atoms with Gasteiger partial charge in [-0.25, -0.2) is 4.79 Å². The average Bonchev–Trinajstić information content (AvgIpc) is 2.45. The van der Waals surface area contributed by atoms with Gasteiger partial charge in [-0.15, -0.1) is 0 Å². The highest BCUT2D eigenvalue weighted by Crippen LogP contribution is 2.21. The number of amides is 2. The van der Waals surface area contributed by atoms with E-state index in [0.29, 0.717) is 25.0 Å². The van der Waals surface area contributed by atoms with Crippen molar-refractivity contribution in [2.45, 2.75) is 33.7 Å². The van der Waals surface area contributed by atoms with Gasteiger partial charge in [-0.3, -0.25) is 0 Å². The number of piperidine rings is 1. The van der Waals surface area contributed by atoms with Crippen LogP contribution in [0.25, 0.3) is 0 Å². The predicted octanol–water partition coefficient (Wildman–Crippen LogP) is 3.27. The van der Waals surface area contributed by atoms with Crippen LogP contribution in [0.3, 0.4) is 0 Å². The Morgan fingerprint density at radius 2 is 1.95 bits per heavy atom. The van der Waals surface area contributed by atoms with Crippen molar-refractivity contribution < 1.29 is 9.53 Å². The third-order valence-corrected chi connectivity index (χ3v) is 3.86. The molecule has 0 radical (unpaired) electrons. The number of carbonyl (C=O) groups excluding carboxylic acids is 1. The van der Waals surface area contributed by atoms with Crippen molar-refractivity contribution in [1.29, 1.82) is 0 Å². The molecule has 2 unspecified atom stereocenters. The zero-order valence-corrected chi connectivity index (χ0v) is 13.3.